The second-order valence-corrected chi connectivity index (χ2v) is 7.51. The Morgan fingerprint density at radius 1 is 1.11 bits per heavy atom. The standard InChI is InChI=1S/C17H22N2O3.C4H10.C2H6/c1-11(2)18-15-7-8-19(9-13(15)12(3)20)10-14-16(21)5-4-6-17(14)22;1-4(2)3;1-2/h4-6,21-22H,7-10H2,1-3H3;4H,1-3H3;1-2H3. The summed E-state index contributed by atoms with van der Waals surface area (Å²) in [6, 6.07) is 4.70. The van der Waals surface area contributed by atoms with Gasteiger partial charge in [0.1, 0.15) is 11.5 Å². The lowest BCUT2D eigenvalue weighted by molar-refractivity contribution is -0.114. The van der Waals surface area contributed by atoms with Crippen molar-refractivity contribution < 1.29 is 15.0 Å². The summed E-state index contributed by atoms with van der Waals surface area (Å²) in [6.45, 7) is 17.5. The summed E-state index contributed by atoms with van der Waals surface area (Å²) >= 11 is 0. The van der Waals surface area contributed by atoms with E-state index in [2.05, 4.69) is 25.8 Å². The van der Waals surface area contributed by atoms with Gasteiger partial charge in [-0.05, 0) is 38.8 Å². The molecule has 0 amide bonds. The molecule has 0 aromatic heterocycles. The normalized spacial score (nSPS) is 13.9. The zero-order valence-corrected chi connectivity index (χ0v) is 18.8. The second-order valence-electron chi connectivity index (χ2n) is 7.51. The van der Waals surface area contributed by atoms with Crippen LogP contribution in [0.2, 0.25) is 0 Å². The Morgan fingerprint density at radius 2 is 1.61 bits per heavy atom. The fraction of sp³-hybridized carbons (Fsp3) is 0.565. The van der Waals surface area contributed by atoms with Gasteiger partial charge in [0.2, 0.25) is 0 Å². The van der Waals surface area contributed by atoms with Crippen molar-refractivity contribution in [3.8, 4) is 11.5 Å². The van der Waals surface area contributed by atoms with Crippen LogP contribution in [0.4, 0.5) is 0 Å². The highest BCUT2D eigenvalue weighted by molar-refractivity contribution is 5.95. The van der Waals surface area contributed by atoms with E-state index < -0.39 is 0 Å². The smallest absolute Gasteiger partial charge is 0.158 e. The van der Waals surface area contributed by atoms with E-state index in [4.69, 9.17) is 0 Å². The zero-order valence-electron chi connectivity index (χ0n) is 18.8. The summed E-state index contributed by atoms with van der Waals surface area (Å²) in [5, 5.41) is 19.8. The van der Waals surface area contributed by atoms with Gasteiger partial charge in [-0.1, -0.05) is 40.7 Å². The Kier molecular flexibility index (Phi) is 12.1. The minimum absolute atomic E-state index is 0.0196. The number of aliphatic imine (C=N–C) groups is 1. The van der Waals surface area contributed by atoms with Crippen molar-refractivity contribution in [2.75, 3.05) is 13.1 Å². The molecule has 0 radical (unpaired) electrons. The molecule has 2 N–H and O–H groups in total. The molecule has 1 aromatic rings. The van der Waals surface area contributed by atoms with Gasteiger partial charge in [-0.3, -0.25) is 14.7 Å². The molecule has 0 saturated carbocycles. The Balaban J connectivity index is 0.00000108. The van der Waals surface area contributed by atoms with Gasteiger partial charge in [-0.15, -0.1) is 0 Å². The van der Waals surface area contributed by atoms with Crippen LogP contribution < -0.4 is 0 Å². The monoisotopic (exact) mass is 390 g/mol. The number of rotatable bonds is 4. The lowest BCUT2D eigenvalue weighted by Gasteiger charge is -2.29. The summed E-state index contributed by atoms with van der Waals surface area (Å²) in [5.41, 5.74) is 2.98. The number of aromatic hydroxyl groups is 2. The van der Waals surface area contributed by atoms with E-state index in [0.717, 1.165) is 23.9 Å². The molecule has 1 aliphatic rings. The Bertz CT molecular complexity index is 664. The molecule has 0 spiro atoms. The third-order valence-corrected chi connectivity index (χ3v) is 3.69. The van der Waals surface area contributed by atoms with Crippen molar-refractivity contribution in [1.82, 2.24) is 4.90 Å². The van der Waals surface area contributed by atoms with Gasteiger partial charge in [-0.25, -0.2) is 0 Å². The zero-order chi connectivity index (χ0) is 21.9. The van der Waals surface area contributed by atoms with Crippen molar-refractivity contribution >= 4 is 11.5 Å². The van der Waals surface area contributed by atoms with Gasteiger partial charge in [0.15, 0.2) is 5.78 Å². The third-order valence-electron chi connectivity index (χ3n) is 3.69. The molecule has 5 heteroatoms. The first-order valence-corrected chi connectivity index (χ1v) is 10.1. The van der Waals surface area contributed by atoms with Crippen LogP contribution in [0.5, 0.6) is 11.5 Å². The van der Waals surface area contributed by atoms with E-state index in [1.54, 1.807) is 25.1 Å². The van der Waals surface area contributed by atoms with Gasteiger partial charge < -0.3 is 10.2 Å². The molecular weight excluding hydrogens is 352 g/mol. The van der Waals surface area contributed by atoms with E-state index in [1.165, 1.54) is 0 Å². The van der Waals surface area contributed by atoms with Gasteiger partial charge in [-0.2, -0.15) is 0 Å². The van der Waals surface area contributed by atoms with Crippen molar-refractivity contribution in [2.45, 2.75) is 68.4 Å². The summed E-state index contributed by atoms with van der Waals surface area (Å²) in [6.07, 6.45) is 0.689. The number of nitrogens with zero attached hydrogens (tertiary/aromatic N) is 2. The molecule has 0 saturated heterocycles. The van der Waals surface area contributed by atoms with Crippen LogP contribution in [-0.2, 0) is 11.3 Å². The number of carbonyl (C=O) groups excluding carboxylic acids is 1. The van der Waals surface area contributed by atoms with Crippen LogP contribution in [-0.4, -0.2) is 39.7 Å². The minimum Gasteiger partial charge on any atom is -0.507 e. The number of phenols is 2. The molecule has 5 nitrogen and oxygen atoms in total. The van der Waals surface area contributed by atoms with Crippen LogP contribution in [0, 0.1) is 5.92 Å². The van der Waals surface area contributed by atoms with Crippen molar-refractivity contribution in [3.05, 3.63) is 35.0 Å². The molecule has 1 aliphatic heterocycles. The first-order valence-electron chi connectivity index (χ1n) is 10.1. The largest absolute Gasteiger partial charge is 0.507 e. The molecule has 28 heavy (non-hydrogen) atoms. The maximum Gasteiger partial charge on any atom is 0.158 e. The molecule has 1 aromatic carbocycles. The highest BCUT2D eigenvalue weighted by Crippen LogP contribution is 2.29. The summed E-state index contributed by atoms with van der Waals surface area (Å²) in [7, 11) is 0. The number of hydrogen-bond acceptors (Lipinski definition) is 5. The summed E-state index contributed by atoms with van der Waals surface area (Å²) < 4.78 is 0. The van der Waals surface area contributed by atoms with E-state index in [9.17, 15) is 15.0 Å². The van der Waals surface area contributed by atoms with Crippen molar-refractivity contribution in [2.24, 2.45) is 10.9 Å². The average Bonchev–Trinajstić information content (AvgIpc) is 2.60. The molecule has 0 atom stereocenters. The number of carbonyl (C=O) groups is 1. The second kappa shape index (κ2) is 13.1. The SMILES string of the molecule is CC.CC(=O)C1=C(N=C(C)C)CCN(Cc2c(O)cccc2O)C1.CC(C)C. The quantitative estimate of drug-likeness (QED) is 0.683. The van der Waals surface area contributed by atoms with Gasteiger partial charge >= 0.3 is 0 Å². The van der Waals surface area contributed by atoms with Crippen LogP contribution in [0.25, 0.3) is 0 Å². The topological polar surface area (TPSA) is 73.1 Å². The first kappa shape index (κ1) is 25.9. The lowest BCUT2D eigenvalue weighted by Crippen LogP contribution is -2.33. The fourth-order valence-corrected chi connectivity index (χ4v) is 2.60. The maximum atomic E-state index is 11.9. The highest BCUT2D eigenvalue weighted by Gasteiger charge is 2.23. The van der Waals surface area contributed by atoms with Gasteiger partial charge in [0.05, 0.1) is 0 Å². The van der Waals surface area contributed by atoms with Crippen LogP contribution in [0.15, 0.2) is 34.5 Å². The molecule has 0 bridgehead atoms. The molecule has 158 valence electrons. The Morgan fingerprint density at radius 3 is 2.04 bits per heavy atom. The Labute approximate surface area is 170 Å². The van der Waals surface area contributed by atoms with E-state index in [0.29, 0.717) is 30.6 Å². The molecule has 0 fully saturated rings. The lowest BCUT2D eigenvalue weighted by atomic mass is 10.0. The van der Waals surface area contributed by atoms with Crippen LogP contribution in [0.1, 0.15) is 67.4 Å². The number of Topliss-reactive ketones (excluding diaryl/α,β-unsaturated/α-hetero) is 1. The van der Waals surface area contributed by atoms with Gasteiger partial charge in [0.25, 0.3) is 0 Å². The molecular formula is C23H38N2O3. The van der Waals surface area contributed by atoms with Gasteiger partial charge in [0, 0.05) is 48.6 Å². The molecule has 0 aliphatic carbocycles. The minimum atomic E-state index is 0.0196. The van der Waals surface area contributed by atoms with E-state index >= 15 is 0 Å². The average molecular weight is 391 g/mol. The Hall–Kier alpha value is -2.14. The fourth-order valence-electron chi connectivity index (χ4n) is 2.60. The summed E-state index contributed by atoms with van der Waals surface area (Å²) in [4.78, 5) is 18.4. The number of hydrogen-bond donors (Lipinski definition) is 2. The highest BCUT2D eigenvalue weighted by atomic mass is 16.3. The molecule has 1 heterocycles. The number of ketones is 1. The predicted molar refractivity (Wildman–Crippen MR) is 118 cm³/mol. The summed E-state index contributed by atoms with van der Waals surface area (Å²) in [5.74, 6) is 0.995. The molecule has 2 rings (SSSR count). The number of benzene rings is 1. The third kappa shape index (κ3) is 9.18. The molecule has 0 unspecified atom stereocenters. The van der Waals surface area contributed by atoms with Crippen molar-refractivity contribution in [3.63, 3.8) is 0 Å². The number of phenolic OH excluding ortho intramolecular Hbond substituents is 2. The van der Waals surface area contributed by atoms with Crippen LogP contribution in [0.3, 0.4) is 0 Å². The van der Waals surface area contributed by atoms with E-state index in [-0.39, 0.29) is 17.3 Å². The first-order chi connectivity index (χ1) is 13.1. The predicted octanol–water partition coefficient (Wildman–Crippen LogP) is 5.32. The van der Waals surface area contributed by atoms with E-state index in [1.807, 2.05) is 32.6 Å². The van der Waals surface area contributed by atoms with Crippen molar-refractivity contribution in [1.29, 1.82) is 0 Å². The van der Waals surface area contributed by atoms with Crippen LogP contribution >= 0.6 is 0 Å². The maximum absolute atomic E-state index is 11.9.